The van der Waals surface area contributed by atoms with Gasteiger partial charge in [0.2, 0.25) is 0 Å². The molecule has 0 amide bonds. The van der Waals surface area contributed by atoms with E-state index in [1.165, 1.54) is 27.8 Å². The van der Waals surface area contributed by atoms with Gasteiger partial charge in [-0.1, -0.05) is 73.2 Å². The number of aryl methyl sites for hydroxylation is 2. The topological polar surface area (TPSA) is 0 Å². The SMILES string of the molecule is C=C=C1C(C)C1(c1ccc(C)cc1)c1ccc(C)cc1. The first-order chi connectivity index (χ1) is 9.60. The molecule has 0 nitrogen and oxygen atoms in total. The summed E-state index contributed by atoms with van der Waals surface area (Å²) in [4.78, 5) is 0. The second kappa shape index (κ2) is 4.51. The number of benzene rings is 2. The van der Waals surface area contributed by atoms with Gasteiger partial charge in [0.25, 0.3) is 0 Å². The molecule has 1 aliphatic carbocycles. The van der Waals surface area contributed by atoms with Gasteiger partial charge in [0.1, 0.15) is 0 Å². The van der Waals surface area contributed by atoms with Gasteiger partial charge in [0, 0.05) is 5.92 Å². The van der Waals surface area contributed by atoms with E-state index < -0.39 is 0 Å². The molecule has 100 valence electrons. The van der Waals surface area contributed by atoms with Crippen LogP contribution in [0.15, 0.2) is 66.4 Å². The zero-order valence-electron chi connectivity index (χ0n) is 12.4. The van der Waals surface area contributed by atoms with Crippen LogP contribution in [-0.4, -0.2) is 0 Å². The highest BCUT2D eigenvalue weighted by Gasteiger charge is 2.59. The fourth-order valence-electron chi connectivity index (χ4n) is 3.38. The van der Waals surface area contributed by atoms with Crippen molar-refractivity contribution in [1.29, 1.82) is 0 Å². The lowest BCUT2D eigenvalue weighted by atomic mass is 9.84. The first kappa shape index (κ1) is 13.0. The van der Waals surface area contributed by atoms with E-state index in [0.29, 0.717) is 5.92 Å². The molecule has 20 heavy (non-hydrogen) atoms. The summed E-state index contributed by atoms with van der Waals surface area (Å²) in [5.41, 5.74) is 9.77. The van der Waals surface area contributed by atoms with E-state index in [9.17, 15) is 0 Å². The lowest BCUT2D eigenvalue weighted by molar-refractivity contribution is 0.751. The van der Waals surface area contributed by atoms with E-state index in [-0.39, 0.29) is 5.41 Å². The van der Waals surface area contributed by atoms with Crippen LogP contribution in [0.4, 0.5) is 0 Å². The first-order valence-electron chi connectivity index (χ1n) is 7.15. The molecule has 0 aromatic heterocycles. The van der Waals surface area contributed by atoms with Crippen LogP contribution in [0.25, 0.3) is 0 Å². The quantitative estimate of drug-likeness (QED) is 0.670. The van der Waals surface area contributed by atoms with Crippen LogP contribution in [0, 0.1) is 19.8 Å². The molecule has 0 spiro atoms. The Morgan fingerprint density at radius 1 is 0.850 bits per heavy atom. The van der Waals surface area contributed by atoms with Gasteiger partial charge in [0.15, 0.2) is 0 Å². The highest BCUT2D eigenvalue weighted by atomic mass is 14.6. The molecule has 1 aliphatic rings. The lowest BCUT2D eigenvalue weighted by Gasteiger charge is -2.18. The summed E-state index contributed by atoms with van der Waals surface area (Å²) in [6.07, 6.45) is 0. The van der Waals surface area contributed by atoms with E-state index in [1.807, 2.05) is 0 Å². The molecule has 1 fully saturated rings. The van der Waals surface area contributed by atoms with Crippen molar-refractivity contribution >= 4 is 0 Å². The maximum Gasteiger partial charge on any atom is 0.0557 e. The third-order valence-corrected chi connectivity index (χ3v) is 4.63. The van der Waals surface area contributed by atoms with Gasteiger partial charge < -0.3 is 0 Å². The van der Waals surface area contributed by atoms with Gasteiger partial charge in [0.05, 0.1) is 5.41 Å². The van der Waals surface area contributed by atoms with Gasteiger partial charge in [-0.15, -0.1) is 5.73 Å². The minimum absolute atomic E-state index is 0.0108. The van der Waals surface area contributed by atoms with Crippen molar-refractivity contribution in [2.45, 2.75) is 26.2 Å². The summed E-state index contributed by atoms with van der Waals surface area (Å²) in [6.45, 7) is 10.4. The number of rotatable bonds is 2. The summed E-state index contributed by atoms with van der Waals surface area (Å²) >= 11 is 0. The minimum Gasteiger partial charge on any atom is -0.128 e. The van der Waals surface area contributed by atoms with Crippen molar-refractivity contribution in [2.75, 3.05) is 0 Å². The molecular weight excluding hydrogens is 240 g/mol. The average molecular weight is 260 g/mol. The molecule has 2 aromatic rings. The molecule has 0 aliphatic heterocycles. The summed E-state index contributed by atoms with van der Waals surface area (Å²) < 4.78 is 0. The number of hydrogen-bond donors (Lipinski definition) is 0. The lowest BCUT2D eigenvalue weighted by Crippen LogP contribution is -2.12. The van der Waals surface area contributed by atoms with Crippen molar-refractivity contribution in [2.24, 2.45) is 5.92 Å². The largest absolute Gasteiger partial charge is 0.128 e. The van der Waals surface area contributed by atoms with Crippen LogP contribution in [0.1, 0.15) is 29.2 Å². The normalized spacial score (nSPS) is 19.6. The smallest absolute Gasteiger partial charge is 0.0557 e. The molecule has 0 radical (unpaired) electrons. The van der Waals surface area contributed by atoms with Crippen LogP contribution in [-0.2, 0) is 5.41 Å². The predicted molar refractivity (Wildman–Crippen MR) is 85.0 cm³/mol. The Bertz CT molecular complexity index is 634. The van der Waals surface area contributed by atoms with E-state index >= 15 is 0 Å². The average Bonchev–Trinajstić information content (AvgIpc) is 3.06. The van der Waals surface area contributed by atoms with Crippen LogP contribution in [0.5, 0.6) is 0 Å². The molecule has 0 saturated heterocycles. The molecule has 0 bridgehead atoms. The summed E-state index contributed by atoms with van der Waals surface area (Å²) in [5.74, 6) is 0.477. The second-order valence-electron chi connectivity index (χ2n) is 5.85. The van der Waals surface area contributed by atoms with Crippen LogP contribution < -0.4 is 0 Å². The number of hydrogen-bond acceptors (Lipinski definition) is 0. The standard InChI is InChI=1S/C20H20/c1-5-19-16(4)20(19,17-10-6-14(2)7-11-17)18-12-8-15(3)9-13-18/h6-13,16H,1H2,2-4H3. The van der Waals surface area contributed by atoms with Crippen molar-refractivity contribution in [3.63, 3.8) is 0 Å². The predicted octanol–water partition coefficient (Wildman–Crippen LogP) is 4.95. The zero-order valence-corrected chi connectivity index (χ0v) is 12.4. The van der Waals surface area contributed by atoms with Crippen LogP contribution >= 0.6 is 0 Å². The van der Waals surface area contributed by atoms with E-state index in [0.717, 1.165) is 0 Å². The zero-order chi connectivity index (χ0) is 14.3. The van der Waals surface area contributed by atoms with Crippen molar-refractivity contribution in [3.05, 3.63) is 88.7 Å². The number of allylic oxidation sites excluding steroid dienone is 1. The Morgan fingerprint density at radius 2 is 1.25 bits per heavy atom. The summed E-state index contributed by atoms with van der Waals surface area (Å²) in [6, 6.07) is 17.8. The summed E-state index contributed by atoms with van der Waals surface area (Å²) in [7, 11) is 0. The van der Waals surface area contributed by atoms with Crippen molar-refractivity contribution in [1.82, 2.24) is 0 Å². The first-order valence-corrected chi connectivity index (χ1v) is 7.15. The Balaban J connectivity index is 2.19. The van der Waals surface area contributed by atoms with Gasteiger partial charge in [-0.25, -0.2) is 0 Å². The Labute approximate surface area is 121 Å². The monoisotopic (exact) mass is 260 g/mol. The van der Waals surface area contributed by atoms with Gasteiger partial charge in [-0.3, -0.25) is 0 Å². The molecule has 0 heteroatoms. The highest BCUT2D eigenvalue weighted by molar-refractivity contribution is 5.62. The van der Waals surface area contributed by atoms with Gasteiger partial charge in [-0.05, 0) is 30.5 Å². The molecular formula is C20H20. The second-order valence-corrected chi connectivity index (χ2v) is 5.85. The van der Waals surface area contributed by atoms with Crippen molar-refractivity contribution < 1.29 is 0 Å². The Morgan fingerprint density at radius 3 is 1.55 bits per heavy atom. The fraction of sp³-hybridized carbons (Fsp3) is 0.250. The molecule has 0 N–H and O–H groups in total. The summed E-state index contributed by atoms with van der Waals surface area (Å²) in [5, 5.41) is 0. The van der Waals surface area contributed by atoms with Crippen molar-refractivity contribution in [3.8, 4) is 0 Å². The molecule has 1 unspecified atom stereocenters. The maximum absolute atomic E-state index is 3.89. The maximum atomic E-state index is 3.89. The Hall–Kier alpha value is -2.04. The molecule has 0 heterocycles. The molecule has 1 atom stereocenters. The van der Waals surface area contributed by atoms with E-state index in [4.69, 9.17) is 0 Å². The van der Waals surface area contributed by atoms with E-state index in [2.05, 4.69) is 81.6 Å². The fourth-order valence-corrected chi connectivity index (χ4v) is 3.38. The Kier molecular flexibility index (Phi) is 2.92. The van der Waals surface area contributed by atoms with Gasteiger partial charge in [-0.2, -0.15) is 0 Å². The third kappa shape index (κ3) is 1.69. The van der Waals surface area contributed by atoms with Gasteiger partial charge >= 0.3 is 0 Å². The highest BCUT2D eigenvalue weighted by Crippen LogP contribution is 2.62. The minimum atomic E-state index is -0.0108. The van der Waals surface area contributed by atoms with E-state index in [1.54, 1.807) is 0 Å². The third-order valence-electron chi connectivity index (χ3n) is 4.63. The van der Waals surface area contributed by atoms with Crippen LogP contribution in [0.2, 0.25) is 0 Å². The van der Waals surface area contributed by atoms with Crippen LogP contribution in [0.3, 0.4) is 0 Å². The molecule has 1 saturated carbocycles. The molecule has 2 aromatic carbocycles. The molecule has 3 rings (SSSR count).